The van der Waals surface area contributed by atoms with Gasteiger partial charge in [-0.3, -0.25) is 9.59 Å². The maximum Gasteiger partial charge on any atom is 0.325 e. The van der Waals surface area contributed by atoms with E-state index in [9.17, 15) is 9.59 Å². The van der Waals surface area contributed by atoms with E-state index in [0.717, 1.165) is 0 Å². The lowest BCUT2D eigenvalue weighted by molar-refractivity contribution is -0.144. The van der Waals surface area contributed by atoms with E-state index in [1.54, 1.807) is 11.6 Å². The SMILES string of the molecule is COC(=O)CN1C=CSCC1=O. The molecule has 1 aliphatic rings. The van der Waals surface area contributed by atoms with Crippen molar-refractivity contribution in [2.45, 2.75) is 0 Å². The van der Waals surface area contributed by atoms with Gasteiger partial charge in [0.25, 0.3) is 0 Å². The highest BCUT2D eigenvalue weighted by Gasteiger charge is 2.17. The first-order valence-corrected chi connectivity index (χ1v) is 4.43. The van der Waals surface area contributed by atoms with Crippen LogP contribution in [0.2, 0.25) is 0 Å². The first kappa shape index (κ1) is 9.12. The molecule has 0 saturated carbocycles. The molecule has 0 N–H and O–H groups in total. The van der Waals surface area contributed by atoms with Gasteiger partial charge < -0.3 is 9.64 Å². The highest BCUT2D eigenvalue weighted by atomic mass is 32.2. The normalized spacial score (nSPS) is 16.4. The monoisotopic (exact) mass is 187 g/mol. The molecule has 1 amide bonds. The van der Waals surface area contributed by atoms with Crippen molar-refractivity contribution in [3.8, 4) is 0 Å². The Morgan fingerprint density at radius 1 is 1.83 bits per heavy atom. The van der Waals surface area contributed by atoms with Crippen LogP contribution in [-0.4, -0.2) is 36.2 Å². The fourth-order valence-electron chi connectivity index (χ4n) is 0.746. The molecule has 0 bridgehead atoms. The number of hydrogen-bond acceptors (Lipinski definition) is 4. The van der Waals surface area contributed by atoms with Crippen molar-refractivity contribution in [1.82, 2.24) is 4.90 Å². The first-order chi connectivity index (χ1) is 5.74. The molecule has 0 aromatic carbocycles. The second-order valence-electron chi connectivity index (χ2n) is 2.19. The molecule has 0 aliphatic carbocycles. The van der Waals surface area contributed by atoms with Gasteiger partial charge in [-0.15, -0.1) is 11.8 Å². The lowest BCUT2D eigenvalue weighted by Gasteiger charge is -2.19. The third kappa shape index (κ3) is 2.27. The number of carbonyl (C=O) groups is 2. The minimum absolute atomic E-state index is 0.00634. The largest absolute Gasteiger partial charge is 0.468 e. The van der Waals surface area contributed by atoms with Crippen molar-refractivity contribution in [2.75, 3.05) is 19.4 Å². The number of amides is 1. The first-order valence-electron chi connectivity index (χ1n) is 3.38. The topological polar surface area (TPSA) is 46.6 Å². The van der Waals surface area contributed by atoms with E-state index in [0.29, 0.717) is 5.75 Å². The van der Waals surface area contributed by atoms with Crippen LogP contribution < -0.4 is 0 Å². The summed E-state index contributed by atoms with van der Waals surface area (Å²) in [5, 5.41) is 1.78. The third-order valence-corrected chi connectivity index (χ3v) is 2.12. The van der Waals surface area contributed by atoms with Crippen LogP contribution >= 0.6 is 11.8 Å². The predicted octanol–water partition coefficient (Wildman–Crippen LogP) is 0.206. The summed E-state index contributed by atoms with van der Waals surface area (Å²) >= 11 is 1.42. The summed E-state index contributed by atoms with van der Waals surface area (Å²) in [7, 11) is 1.30. The van der Waals surface area contributed by atoms with Gasteiger partial charge >= 0.3 is 5.97 Å². The van der Waals surface area contributed by atoms with Crippen LogP contribution in [0.5, 0.6) is 0 Å². The molecule has 0 spiro atoms. The zero-order chi connectivity index (χ0) is 8.97. The van der Waals surface area contributed by atoms with E-state index in [4.69, 9.17) is 0 Å². The molecule has 12 heavy (non-hydrogen) atoms. The zero-order valence-corrected chi connectivity index (χ0v) is 7.47. The molecular formula is C7H9NO3S. The quantitative estimate of drug-likeness (QED) is 0.580. The number of nitrogens with zero attached hydrogens (tertiary/aromatic N) is 1. The summed E-state index contributed by atoms with van der Waals surface area (Å²) in [6.45, 7) is 0.00634. The predicted molar refractivity (Wildman–Crippen MR) is 45.3 cm³/mol. The van der Waals surface area contributed by atoms with Crippen LogP contribution in [0.1, 0.15) is 0 Å². The van der Waals surface area contributed by atoms with Gasteiger partial charge in [-0.05, 0) is 5.41 Å². The van der Waals surface area contributed by atoms with Crippen LogP contribution in [0.15, 0.2) is 11.6 Å². The van der Waals surface area contributed by atoms with E-state index < -0.39 is 5.97 Å². The molecule has 4 nitrogen and oxygen atoms in total. The van der Waals surface area contributed by atoms with Gasteiger partial charge in [0.2, 0.25) is 5.91 Å². The van der Waals surface area contributed by atoms with Crippen LogP contribution in [0, 0.1) is 0 Å². The Balaban J connectivity index is 2.50. The summed E-state index contributed by atoms with van der Waals surface area (Å²) < 4.78 is 4.43. The van der Waals surface area contributed by atoms with E-state index in [2.05, 4.69) is 4.74 Å². The van der Waals surface area contributed by atoms with E-state index in [-0.39, 0.29) is 12.5 Å². The Morgan fingerprint density at radius 3 is 3.17 bits per heavy atom. The van der Waals surface area contributed by atoms with Crippen molar-refractivity contribution in [1.29, 1.82) is 0 Å². The number of thioether (sulfide) groups is 1. The molecule has 0 radical (unpaired) electrons. The Labute approximate surface area is 74.6 Å². The number of methoxy groups -OCH3 is 1. The van der Waals surface area contributed by atoms with E-state index in [1.165, 1.54) is 23.8 Å². The van der Waals surface area contributed by atoms with Gasteiger partial charge in [-0.1, -0.05) is 0 Å². The number of ether oxygens (including phenoxy) is 1. The lowest BCUT2D eigenvalue weighted by Crippen LogP contribution is -2.34. The Kier molecular flexibility index (Phi) is 3.16. The zero-order valence-electron chi connectivity index (χ0n) is 6.65. The summed E-state index contributed by atoms with van der Waals surface area (Å²) in [5.41, 5.74) is 0. The molecule has 0 aromatic rings. The second-order valence-corrected chi connectivity index (χ2v) is 3.09. The van der Waals surface area contributed by atoms with Gasteiger partial charge in [0.1, 0.15) is 6.54 Å². The fraction of sp³-hybridized carbons (Fsp3) is 0.429. The standard InChI is InChI=1S/C7H9NO3S/c1-11-7(10)4-8-2-3-12-5-6(8)9/h2-3H,4-5H2,1H3. The van der Waals surface area contributed by atoms with Crippen molar-refractivity contribution >= 4 is 23.6 Å². The highest BCUT2D eigenvalue weighted by Crippen LogP contribution is 2.11. The van der Waals surface area contributed by atoms with Crippen LogP contribution in [0.4, 0.5) is 0 Å². The molecular weight excluding hydrogens is 178 g/mol. The molecule has 0 fully saturated rings. The molecule has 1 aliphatic heterocycles. The molecule has 1 heterocycles. The van der Waals surface area contributed by atoms with Gasteiger partial charge in [-0.2, -0.15) is 0 Å². The number of carbonyl (C=O) groups excluding carboxylic acids is 2. The smallest absolute Gasteiger partial charge is 0.325 e. The minimum Gasteiger partial charge on any atom is -0.468 e. The molecule has 5 heteroatoms. The fourth-order valence-corrected chi connectivity index (χ4v) is 1.38. The minimum atomic E-state index is -0.403. The Bertz CT molecular complexity index is 227. The van der Waals surface area contributed by atoms with Gasteiger partial charge in [-0.25, -0.2) is 0 Å². The maximum atomic E-state index is 11.1. The van der Waals surface area contributed by atoms with Crippen molar-refractivity contribution < 1.29 is 14.3 Å². The maximum absolute atomic E-state index is 11.1. The number of esters is 1. The van der Waals surface area contributed by atoms with Crippen molar-refractivity contribution in [2.24, 2.45) is 0 Å². The molecule has 0 atom stereocenters. The van der Waals surface area contributed by atoms with E-state index in [1.807, 2.05) is 0 Å². The summed E-state index contributed by atoms with van der Waals surface area (Å²) in [6.07, 6.45) is 1.59. The average Bonchev–Trinajstić information content (AvgIpc) is 2.09. The van der Waals surface area contributed by atoms with Crippen LogP contribution in [-0.2, 0) is 14.3 Å². The van der Waals surface area contributed by atoms with Gasteiger partial charge in [0.05, 0.1) is 12.9 Å². The number of hydrogen-bond donors (Lipinski definition) is 0. The highest BCUT2D eigenvalue weighted by molar-refractivity contribution is 8.02. The summed E-state index contributed by atoms with van der Waals surface area (Å²) in [4.78, 5) is 23.2. The van der Waals surface area contributed by atoms with Crippen molar-refractivity contribution in [3.05, 3.63) is 11.6 Å². The van der Waals surface area contributed by atoms with Crippen LogP contribution in [0.25, 0.3) is 0 Å². The second kappa shape index (κ2) is 4.15. The average molecular weight is 187 g/mol. The molecule has 1 rings (SSSR count). The molecule has 0 aromatic heterocycles. The third-order valence-electron chi connectivity index (χ3n) is 1.39. The molecule has 66 valence electrons. The van der Waals surface area contributed by atoms with Gasteiger partial charge in [0, 0.05) is 6.20 Å². The summed E-state index contributed by atoms with van der Waals surface area (Å²) in [6, 6.07) is 0. The Hall–Kier alpha value is -0.970. The molecule has 0 saturated heterocycles. The van der Waals surface area contributed by atoms with Crippen LogP contribution in [0.3, 0.4) is 0 Å². The summed E-state index contributed by atoms with van der Waals surface area (Å²) in [5.74, 6) is -0.0687. The van der Waals surface area contributed by atoms with Crippen molar-refractivity contribution in [3.63, 3.8) is 0 Å². The van der Waals surface area contributed by atoms with Gasteiger partial charge in [0.15, 0.2) is 0 Å². The Morgan fingerprint density at radius 2 is 2.58 bits per heavy atom. The van der Waals surface area contributed by atoms with E-state index >= 15 is 0 Å². The number of rotatable bonds is 2. The lowest BCUT2D eigenvalue weighted by atomic mass is 10.5. The molecule has 0 unspecified atom stereocenters.